The molecular formula is C15H17ClN2O5S. The van der Waals surface area contributed by atoms with Gasteiger partial charge in [0.25, 0.3) is 5.91 Å². The molecule has 1 aromatic carbocycles. The number of halogens is 1. The minimum Gasteiger partial charge on any atom is -0.495 e. The summed E-state index contributed by atoms with van der Waals surface area (Å²) in [6.45, 7) is 0.157. The first-order valence-electron chi connectivity index (χ1n) is 6.96. The minimum absolute atomic E-state index is 0.0495. The van der Waals surface area contributed by atoms with Crippen molar-refractivity contribution >= 4 is 33.2 Å². The van der Waals surface area contributed by atoms with Crippen LogP contribution in [0.1, 0.15) is 10.6 Å². The number of nitrogens with one attached hydrogen (secondary N) is 1. The van der Waals surface area contributed by atoms with Crippen molar-refractivity contribution in [2.24, 2.45) is 0 Å². The molecule has 0 aliphatic heterocycles. The number of rotatable bonds is 7. The summed E-state index contributed by atoms with van der Waals surface area (Å²) in [6, 6.07) is 7.77. The van der Waals surface area contributed by atoms with Crippen LogP contribution < -0.4 is 14.4 Å². The maximum Gasteiger partial charge on any atom is 0.287 e. The third-order valence-corrected chi connectivity index (χ3v) is 4.66. The van der Waals surface area contributed by atoms with E-state index in [1.807, 2.05) is 0 Å². The Morgan fingerprint density at radius 1 is 1.38 bits per heavy atom. The van der Waals surface area contributed by atoms with Crippen molar-refractivity contribution in [2.75, 3.05) is 30.8 Å². The molecule has 0 saturated carbocycles. The van der Waals surface area contributed by atoms with Gasteiger partial charge in [-0.15, -0.1) is 0 Å². The Labute approximate surface area is 145 Å². The first-order chi connectivity index (χ1) is 11.3. The van der Waals surface area contributed by atoms with Gasteiger partial charge in [-0.3, -0.25) is 9.10 Å². The summed E-state index contributed by atoms with van der Waals surface area (Å²) in [5.74, 6) is 0.189. The van der Waals surface area contributed by atoms with Crippen molar-refractivity contribution in [3.05, 3.63) is 47.4 Å². The monoisotopic (exact) mass is 372 g/mol. The molecule has 24 heavy (non-hydrogen) atoms. The van der Waals surface area contributed by atoms with E-state index in [1.165, 1.54) is 25.5 Å². The van der Waals surface area contributed by atoms with Crippen LogP contribution in [0, 0.1) is 0 Å². The third kappa shape index (κ3) is 4.42. The number of carbonyl (C=O) groups excluding carboxylic acids is 1. The molecule has 130 valence electrons. The number of ether oxygens (including phenoxy) is 1. The van der Waals surface area contributed by atoms with Crippen molar-refractivity contribution in [2.45, 2.75) is 0 Å². The van der Waals surface area contributed by atoms with E-state index >= 15 is 0 Å². The number of sulfonamides is 1. The molecule has 1 aromatic heterocycles. The van der Waals surface area contributed by atoms with Crippen LogP contribution in [0.15, 0.2) is 41.0 Å². The molecular weight excluding hydrogens is 356 g/mol. The van der Waals surface area contributed by atoms with E-state index in [1.54, 1.807) is 18.2 Å². The Balaban J connectivity index is 2.09. The molecule has 7 nitrogen and oxygen atoms in total. The Hall–Kier alpha value is -2.19. The first kappa shape index (κ1) is 18.2. The molecule has 2 aromatic rings. The molecule has 0 radical (unpaired) electrons. The topological polar surface area (TPSA) is 88.8 Å². The predicted molar refractivity (Wildman–Crippen MR) is 91.2 cm³/mol. The SMILES string of the molecule is COc1ccc(N(CCNC(=O)c2ccco2)S(C)(=O)=O)cc1Cl. The number of methoxy groups -OCH3 is 1. The number of benzene rings is 1. The van der Waals surface area contributed by atoms with Crippen molar-refractivity contribution in [3.8, 4) is 5.75 Å². The first-order valence-corrected chi connectivity index (χ1v) is 9.18. The lowest BCUT2D eigenvalue weighted by Gasteiger charge is -2.23. The average molecular weight is 373 g/mol. The second-order valence-corrected chi connectivity index (χ2v) is 7.20. The second kappa shape index (κ2) is 7.59. The Kier molecular flexibility index (Phi) is 5.74. The van der Waals surface area contributed by atoms with Gasteiger partial charge in [0.15, 0.2) is 5.76 Å². The molecule has 0 fully saturated rings. The van der Waals surface area contributed by atoms with Gasteiger partial charge in [0, 0.05) is 6.54 Å². The average Bonchev–Trinajstić information content (AvgIpc) is 3.04. The summed E-state index contributed by atoms with van der Waals surface area (Å²) in [4.78, 5) is 11.8. The van der Waals surface area contributed by atoms with Gasteiger partial charge in [-0.05, 0) is 30.3 Å². The molecule has 0 spiro atoms. The fraction of sp³-hybridized carbons (Fsp3) is 0.267. The number of amides is 1. The molecule has 0 bridgehead atoms. The summed E-state index contributed by atoms with van der Waals surface area (Å²) in [5, 5.41) is 2.89. The third-order valence-electron chi connectivity index (χ3n) is 3.17. The normalized spacial score (nSPS) is 11.1. The van der Waals surface area contributed by atoms with Gasteiger partial charge in [-0.1, -0.05) is 11.6 Å². The fourth-order valence-corrected chi connectivity index (χ4v) is 3.23. The van der Waals surface area contributed by atoms with Crippen molar-refractivity contribution in [3.63, 3.8) is 0 Å². The van der Waals surface area contributed by atoms with E-state index in [0.29, 0.717) is 16.5 Å². The van der Waals surface area contributed by atoms with Crippen LogP contribution >= 0.6 is 11.6 Å². The minimum atomic E-state index is -3.55. The van der Waals surface area contributed by atoms with Crippen LogP contribution in [0.2, 0.25) is 5.02 Å². The van der Waals surface area contributed by atoms with Gasteiger partial charge in [0.05, 0.1) is 36.9 Å². The largest absolute Gasteiger partial charge is 0.495 e. The highest BCUT2D eigenvalue weighted by Gasteiger charge is 2.19. The van der Waals surface area contributed by atoms with Crippen LogP contribution in [0.3, 0.4) is 0 Å². The van der Waals surface area contributed by atoms with Gasteiger partial charge < -0.3 is 14.5 Å². The lowest BCUT2D eigenvalue weighted by molar-refractivity contribution is 0.0927. The Bertz CT molecular complexity index is 805. The zero-order valence-electron chi connectivity index (χ0n) is 13.2. The van der Waals surface area contributed by atoms with Gasteiger partial charge in [0.1, 0.15) is 5.75 Å². The standard InChI is InChI=1S/C15H17ClN2O5S/c1-22-13-6-5-11(10-12(13)16)18(24(2,20)21)8-7-17-15(19)14-4-3-9-23-14/h3-6,9-10H,7-8H2,1-2H3,(H,17,19). The molecule has 0 aliphatic rings. The molecule has 0 saturated heterocycles. The second-order valence-electron chi connectivity index (χ2n) is 4.89. The van der Waals surface area contributed by atoms with E-state index in [-0.39, 0.29) is 18.8 Å². The maximum absolute atomic E-state index is 12.0. The Morgan fingerprint density at radius 2 is 2.12 bits per heavy atom. The van der Waals surface area contributed by atoms with E-state index in [9.17, 15) is 13.2 Å². The number of hydrogen-bond acceptors (Lipinski definition) is 5. The molecule has 2 rings (SSSR count). The predicted octanol–water partition coefficient (Wildman–Crippen LogP) is 2.14. The zero-order valence-corrected chi connectivity index (χ0v) is 14.7. The number of hydrogen-bond donors (Lipinski definition) is 1. The molecule has 0 atom stereocenters. The molecule has 1 heterocycles. The molecule has 1 N–H and O–H groups in total. The maximum atomic E-state index is 12.0. The van der Waals surface area contributed by atoms with Crippen molar-refractivity contribution in [1.82, 2.24) is 5.32 Å². The van der Waals surface area contributed by atoms with E-state index < -0.39 is 15.9 Å². The van der Waals surface area contributed by atoms with Crippen LogP contribution in [-0.4, -0.2) is 40.8 Å². The summed E-state index contributed by atoms with van der Waals surface area (Å²) in [5.41, 5.74) is 0.385. The van der Waals surface area contributed by atoms with Crippen LogP contribution in [0.25, 0.3) is 0 Å². The van der Waals surface area contributed by atoms with Gasteiger partial charge in [-0.25, -0.2) is 8.42 Å². The summed E-state index contributed by atoms with van der Waals surface area (Å²) < 4.78 is 35.2. The highest BCUT2D eigenvalue weighted by atomic mass is 35.5. The number of anilines is 1. The van der Waals surface area contributed by atoms with Gasteiger partial charge in [-0.2, -0.15) is 0 Å². The van der Waals surface area contributed by atoms with Crippen molar-refractivity contribution in [1.29, 1.82) is 0 Å². The highest BCUT2D eigenvalue weighted by molar-refractivity contribution is 7.92. The van der Waals surface area contributed by atoms with Crippen LogP contribution in [0.4, 0.5) is 5.69 Å². The molecule has 0 unspecified atom stereocenters. The zero-order chi connectivity index (χ0) is 17.7. The van der Waals surface area contributed by atoms with E-state index in [4.69, 9.17) is 20.8 Å². The lowest BCUT2D eigenvalue weighted by Crippen LogP contribution is -2.38. The molecule has 0 aliphatic carbocycles. The number of nitrogens with zero attached hydrogens (tertiary/aromatic N) is 1. The smallest absolute Gasteiger partial charge is 0.287 e. The van der Waals surface area contributed by atoms with Crippen LogP contribution in [0.5, 0.6) is 5.75 Å². The van der Waals surface area contributed by atoms with E-state index in [2.05, 4.69) is 5.32 Å². The summed E-state index contributed by atoms with van der Waals surface area (Å²) in [6.07, 6.45) is 2.47. The van der Waals surface area contributed by atoms with E-state index in [0.717, 1.165) is 10.6 Å². The summed E-state index contributed by atoms with van der Waals surface area (Å²) in [7, 11) is -2.08. The summed E-state index contributed by atoms with van der Waals surface area (Å²) >= 11 is 6.05. The highest BCUT2D eigenvalue weighted by Crippen LogP contribution is 2.29. The fourth-order valence-electron chi connectivity index (χ4n) is 2.06. The quantitative estimate of drug-likeness (QED) is 0.804. The molecule has 1 amide bonds. The number of carbonyl (C=O) groups is 1. The van der Waals surface area contributed by atoms with Gasteiger partial charge >= 0.3 is 0 Å². The Morgan fingerprint density at radius 3 is 2.67 bits per heavy atom. The molecule has 9 heteroatoms. The van der Waals surface area contributed by atoms with Crippen molar-refractivity contribution < 1.29 is 22.4 Å². The van der Waals surface area contributed by atoms with Crippen LogP contribution in [-0.2, 0) is 10.0 Å². The lowest BCUT2D eigenvalue weighted by atomic mass is 10.3. The van der Waals surface area contributed by atoms with Gasteiger partial charge in [0.2, 0.25) is 10.0 Å². The number of furan rings is 1.